The second-order valence-electron chi connectivity index (χ2n) is 4.89. The molecule has 6 heteroatoms. The van der Waals surface area contributed by atoms with E-state index in [2.05, 4.69) is 0 Å². The highest BCUT2D eigenvalue weighted by Gasteiger charge is 2.30. The molecule has 0 aliphatic carbocycles. The molecule has 1 aliphatic heterocycles. The van der Waals surface area contributed by atoms with Gasteiger partial charge in [0.25, 0.3) is 0 Å². The smallest absolute Gasteiger partial charge is 0.308 e. The van der Waals surface area contributed by atoms with Crippen LogP contribution in [-0.2, 0) is 14.3 Å². The lowest BCUT2D eigenvalue weighted by atomic mass is 9.95. The molecular formula is C12H23ClN2O3. The Morgan fingerprint density at radius 1 is 1.28 bits per heavy atom. The molecule has 0 bridgehead atoms. The van der Waals surface area contributed by atoms with Crippen LogP contribution in [-0.4, -0.2) is 43.0 Å². The summed E-state index contributed by atoms with van der Waals surface area (Å²) in [5, 5.41) is 0. The van der Waals surface area contributed by atoms with Crippen LogP contribution in [0.2, 0.25) is 0 Å². The van der Waals surface area contributed by atoms with Gasteiger partial charge in [0.2, 0.25) is 5.91 Å². The van der Waals surface area contributed by atoms with Crippen molar-refractivity contribution in [3.63, 3.8) is 0 Å². The van der Waals surface area contributed by atoms with Crippen LogP contribution in [0.25, 0.3) is 0 Å². The van der Waals surface area contributed by atoms with Gasteiger partial charge in [-0.3, -0.25) is 9.59 Å². The van der Waals surface area contributed by atoms with Gasteiger partial charge in [0.1, 0.15) is 0 Å². The van der Waals surface area contributed by atoms with Crippen LogP contribution in [0.4, 0.5) is 0 Å². The maximum Gasteiger partial charge on any atom is 0.308 e. The highest BCUT2D eigenvalue weighted by atomic mass is 35.5. The number of ether oxygens (including phenoxy) is 1. The average Bonchev–Trinajstić information content (AvgIpc) is 2.36. The summed E-state index contributed by atoms with van der Waals surface area (Å²) in [6, 6.07) is -0.440. The number of carbonyl (C=O) groups excluding carboxylic acids is 2. The number of likely N-dealkylation sites (tertiary alicyclic amines) is 1. The van der Waals surface area contributed by atoms with Gasteiger partial charge in [-0.1, -0.05) is 13.8 Å². The normalized spacial score (nSPS) is 18.2. The SMILES string of the molecule is COC(=O)C1CCN(C(=O)[C@H](N)C(C)C)CC1.Cl. The first kappa shape index (κ1) is 17.2. The lowest BCUT2D eigenvalue weighted by Crippen LogP contribution is -2.49. The minimum Gasteiger partial charge on any atom is -0.469 e. The fourth-order valence-electron chi connectivity index (χ4n) is 2.00. The molecule has 0 unspecified atom stereocenters. The summed E-state index contributed by atoms with van der Waals surface area (Å²) in [5.41, 5.74) is 5.83. The number of hydrogen-bond donors (Lipinski definition) is 1. The maximum atomic E-state index is 12.0. The molecule has 0 aromatic carbocycles. The summed E-state index contributed by atoms with van der Waals surface area (Å²) in [7, 11) is 1.40. The van der Waals surface area contributed by atoms with Gasteiger partial charge in [0.15, 0.2) is 0 Å². The van der Waals surface area contributed by atoms with Crippen molar-refractivity contribution >= 4 is 24.3 Å². The summed E-state index contributed by atoms with van der Waals surface area (Å²) in [6.45, 7) is 5.06. The van der Waals surface area contributed by atoms with Crippen molar-refractivity contribution in [2.24, 2.45) is 17.6 Å². The number of halogens is 1. The van der Waals surface area contributed by atoms with Gasteiger partial charge < -0.3 is 15.4 Å². The molecule has 106 valence electrons. The third kappa shape index (κ3) is 4.14. The van der Waals surface area contributed by atoms with Gasteiger partial charge in [-0.15, -0.1) is 12.4 Å². The summed E-state index contributed by atoms with van der Waals surface area (Å²) >= 11 is 0. The highest BCUT2D eigenvalue weighted by Crippen LogP contribution is 2.19. The van der Waals surface area contributed by atoms with E-state index in [4.69, 9.17) is 10.5 Å². The predicted molar refractivity (Wildman–Crippen MR) is 71.4 cm³/mol. The van der Waals surface area contributed by atoms with E-state index in [0.29, 0.717) is 25.9 Å². The van der Waals surface area contributed by atoms with E-state index in [1.165, 1.54) is 7.11 Å². The van der Waals surface area contributed by atoms with E-state index < -0.39 is 6.04 Å². The zero-order valence-electron chi connectivity index (χ0n) is 11.2. The van der Waals surface area contributed by atoms with Crippen LogP contribution >= 0.6 is 12.4 Å². The zero-order valence-corrected chi connectivity index (χ0v) is 12.0. The number of esters is 1. The standard InChI is InChI=1S/C12H22N2O3.ClH/c1-8(2)10(13)11(15)14-6-4-9(5-7-14)12(16)17-3;/h8-10H,4-7,13H2,1-3H3;1H/t10-;/m1./s1. The van der Waals surface area contributed by atoms with Gasteiger partial charge in [0, 0.05) is 13.1 Å². The average molecular weight is 279 g/mol. The van der Waals surface area contributed by atoms with Gasteiger partial charge in [-0.2, -0.15) is 0 Å². The zero-order chi connectivity index (χ0) is 13.0. The Hall–Kier alpha value is -0.810. The number of nitrogens with zero attached hydrogens (tertiary/aromatic N) is 1. The van der Waals surface area contributed by atoms with E-state index in [1.54, 1.807) is 4.90 Å². The summed E-state index contributed by atoms with van der Waals surface area (Å²) in [6.07, 6.45) is 1.34. The molecule has 1 amide bonds. The number of amides is 1. The van der Waals surface area contributed by atoms with Crippen LogP contribution in [0.3, 0.4) is 0 Å². The van der Waals surface area contributed by atoms with E-state index in [-0.39, 0.29) is 36.1 Å². The molecule has 18 heavy (non-hydrogen) atoms. The van der Waals surface area contributed by atoms with Gasteiger partial charge in [0.05, 0.1) is 19.1 Å². The number of methoxy groups -OCH3 is 1. The van der Waals surface area contributed by atoms with Gasteiger partial charge >= 0.3 is 5.97 Å². The largest absolute Gasteiger partial charge is 0.469 e. The second kappa shape index (κ2) is 7.59. The molecule has 1 heterocycles. The van der Waals surface area contributed by atoms with Crippen molar-refractivity contribution in [3.8, 4) is 0 Å². The Morgan fingerprint density at radius 3 is 2.17 bits per heavy atom. The van der Waals surface area contributed by atoms with Crippen molar-refractivity contribution in [1.29, 1.82) is 0 Å². The van der Waals surface area contributed by atoms with E-state index >= 15 is 0 Å². The van der Waals surface area contributed by atoms with E-state index in [0.717, 1.165) is 0 Å². The third-order valence-corrected chi connectivity index (χ3v) is 3.34. The summed E-state index contributed by atoms with van der Waals surface area (Å²) in [5.74, 6) is -0.117. The fraction of sp³-hybridized carbons (Fsp3) is 0.833. The van der Waals surface area contributed by atoms with Crippen LogP contribution in [0.5, 0.6) is 0 Å². The highest BCUT2D eigenvalue weighted by molar-refractivity contribution is 5.85. The van der Waals surface area contributed by atoms with Gasteiger partial charge in [-0.25, -0.2) is 0 Å². The minimum atomic E-state index is -0.440. The molecule has 0 aromatic rings. The molecule has 2 N–H and O–H groups in total. The first-order valence-corrected chi connectivity index (χ1v) is 6.09. The number of piperidine rings is 1. The lowest BCUT2D eigenvalue weighted by molar-refractivity contribution is -0.149. The van der Waals surface area contributed by atoms with Crippen molar-refractivity contribution in [1.82, 2.24) is 4.90 Å². The quantitative estimate of drug-likeness (QED) is 0.775. The number of rotatable bonds is 3. The molecule has 5 nitrogen and oxygen atoms in total. The molecule has 0 radical (unpaired) electrons. The molecule has 1 aliphatic rings. The first-order chi connectivity index (χ1) is 7.97. The van der Waals surface area contributed by atoms with Gasteiger partial charge in [-0.05, 0) is 18.8 Å². The maximum absolute atomic E-state index is 12.0. The molecule has 1 rings (SSSR count). The Labute approximate surface area is 114 Å². The van der Waals surface area contributed by atoms with Crippen LogP contribution < -0.4 is 5.73 Å². The van der Waals surface area contributed by atoms with Crippen LogP contribution in [0, 0.1) is 11.8 Å². The number of carbonyl (C=O) groups is 2. The first-order valence-electron chi connectivity index (χ1n) is 6.09. The Morgan fingerprint density at radius 2 is 1.78 bits per heavy atom. The molecule has 1 atom stereocenters. The van der Waals surface area contributed by atoms with E-state index in [1.807, 2.05) is 13.8 Å². The molecular weight excluding hydrogens is 256 g/mol. The Bertz CT molecular complexity index is 289. The minimum absolute atomic E-state index is 0. The van der Waals surface area contributed by atoms with Crippen molar-refractivity contribution in [2.75, 3.05) is 20.2 Å². The van der Waals surface area contributed by atoms with Crippen LogP contribution in [0.15, 0.2) is 0 Å². The summed E-state index contributed by atoms with van der Waals surface area (Å²) in [4.78, 5) is 25.1. The topological polar surface area (TPSA) is 72.6 Å². The Balaban J connectivity index is 0.00000289. The number of nitrogens with two attached hydrogens (primary N) is 1. The third-order valence-electron chi connectivity index (χ3n) is 3.34. The Kier molecular flexibility index (Phi) is 7.25. The molecule has 0 saturated carbocycles. The van der Waals surface area contributed by atoms with E-state index in [9.17, 15) is 9.59 Å². The van der Waals surface area contributed by atoms with Crippen LogP contribution in [0.1, 0.15) is 26.7 Å². The van der Waals surface area contributed by atoms with Crippen molar-refractivity contribution in [2.45, 2.75) is 32.7 Å². The molecule has 1 saturated heterocycles. The van der Waals surface area contributed by atoms with Crippen molar-refractivity contribution in [3.05, 3.63) is 0 Å². The lowest BCUT2D eigenvalue weighted by Gasteiger charge is -2.33. The molecule has 1 fully saturated rings. The monoisotopic (exact) mass is 278 g/mol. The number of hydrogen-bond acceptors (Lipinski definition) is 4. The molecule has 0 aromatic heterocycles. The molecule has 0 spiro atoms. The summed E-state index contributed by atoms with van der Waals surface area (Å²) < 4.78 is 4.70. The fourth-order valence-corrected chi connectivity index (χ4v) is 2.00. The predicted octanol–water partition coefficient (Wildman–Crippen LogP) is 0.803. The second-order valence-corrected chi connectivity index (χ2v) is 4.89. The van der Waals surface area contributed by atoms with Crippen molar-refractivity contribution < 1.29 is 14.3 Å².